The summed E-state index contributed by atoms with van der Waals surface area (Å²) < 4.78 is 5.99. The Labute approximate surface area is 94.8 Å². The van der Waals surface area contributed by atoms with Crippen molar-refractivity contribution in [2.24, 2.45) is 5.92 Å². The Morgan fingerprint density at radius 3 is 2.80 bits per heavy atom. The van der Waals surface area contributed by atoms with Crippen LogP contribution in [0.15, 0.2) is 0 Å². The third-order valence-electron chi connectivity index (χ3n) is 3.89. The van der Waals surface area contributed by atoms with Gasteiger partial charge in [0.2, 0.25) is 0 Å². The first-order chi connectivity index (χ1) is 7.12. The lowest BCUT2D eigenvalue weighted by Gasteiger charge is -2.42. The van der Waals surface area contributed by atoms with E-state index in [0.717, 1.165) is 13.2 Å². The van der Waals surface area contributed by atoms with Crippen LogP contribution in [0.1, 0.15) is 53.4 Å². The maximum atomic E-state index is 5.99. The summed E-state index contributed by atoms with van der Waals surface area (Å²) >= 11 is 0. The van der Waals surface area contributed by atoms with E-state index in [-0.39, 0.29) is 5.60 Å². The molecule has 1 heterocycles. The van der Waals surface area contributed by atoms with Gasteiger partial charge in [0.05, 0.1) is 5.60 Å². The van der Waals surface area contributed by atoms with Gasteiger partial charge in [0.15, 0.2) is 0 Å². The predicted molar refractivity (Wildman–Crippen MR) is 65.1 cm³/mol. The highest BCUT2D eigenvalue weighted by Crippen LogP contribution is 2.33. The van der Waals surface area contributed by atoms with Gasteiger partial charge >= 0.3 is 0 Å². The molecule has 1 N–H and O–H groups in total. The van der Waals surface area contributed by atoms with E-state index in [1.54, 1.807) is 0 Å². The number of ether oxygens (including phenoxy) is 1. The molecule has 1 aliphatic heterocycles. The molecule has 0 amide bonds. The minimum atomic E-state index is 0.0956. The Morgan fingerprint density at radius 2 is 2.20 bits per heavy atom. The Balaban J connectivity index is 2.46. The molecule has 1 fully saturated rings. The van der Waals surface area contributed by atoms with E-state index >= 15 is 0 Å². The van der Waals surface area contributed by atoms with Gasteiger partial charge in [0.1, 0.15) is 0 Å². The molecule has 2 heteroatoms. The minimum absolute atomic E-state index is 0.0956. The van der Waals surface area contributed by atoms with E-state index < -0.39 is 0 Å². The summed E-state index contributed by atoms with van der Waals surface area (Å²) in [5, 5.41) is 3.63. The van der Waals surface area contributed by atoms with Crippen LogP contribution in [0.5, 0.6) is 0 Å². The molecule has 0 bridgehead atoms. The van der Waals surface area contributed by atoms with E-state index in [1.807, 2.05) is 0 Å². The topological polar surface area (TPSA) is 21.3 Å². The quantitative estimate of drug-likeness (QED) is 0.758. The van der Waals surface area contributed by atoms with Gasteiger partial charge in [-0.1, -0.05) is 27.2 Å². The summed E-state index contributed by atoms with van der Waals surface area (Å²) in [7, 11) is 0. The molecule has 0 aliphatic carbocycles. The predicted octanol–water partition coefficient (Wildman–Crippen LogP) is 2.97. The zero-order chi connectivity index (χ0) is 11.3. The fourth-order valence-corrected chi connectivity index (χ4v) is 2.38. The van der Waals surface area contributed by atoms with Crippen LogP contribution in [0.2, 0.25) is 0 Å². The molecule has 1 aliphatic rings. The Hall–Kier alpha value is -0.0800. The van der Waals surface area contributed by atoms with Gasteiger partial charge < -0.3 is 10.1 Å². The third kappa shape index (κ3) is 3.46. The van der Waals surface area contributed by atoms with Gasteiger partial charge in [-0.15, -0.1) is 0 Å². The van der Waals surface area contributed by atoms with E-state index in [0.29, 0.717) is 12.0 Å². The van der Waals surface area contributed by atoms with Crippen molar-refractivity contribution in [3.63, 3.8) is 0 Å². The van der Waals surface area contributed by atoms with Crippen LogP contribution in [-0.2, 0) is 4.74 Å². The van der Waals surface area contributed by atoms with Gasteiger partial charge in [0, 0.05) is 12.6 Å². The lowest BCUT2D eigenvalue weighted by atomic mass is 9.81. The zero-order valence-electron chi connectivity index (χ0n) is 10.8. The van der Waals surface area contributed by atoms with Crippen molar-refractivity contribution < 1.29 is 4.74 Å². The average molecular weight is 213 g/mol. The van der Waals surface area contributed by atoms with Crippen LogP contribution in [0, 0.1) is 5.92 Å². The molecule has 3 unspecified atom stereocenters. The molecule has 0 aromatic heterocycles. The summed E-state index contributed by atoms with van der Waals surface area (Å²) in [6.07, 6.45) is 4.77. The maximum absolute atomic E-state index is 5.99. The van der Waals surface area contributed by atoms with Gasteiger partial charge in [0.25, 0.3) is 0 Å². The molecule has 1 rings (SSSR count). The number of hydrogen-bond donors (Lipinski definition) is 1. The van der Waals surface area contributed by atoms with Crippen molar-refractivity contribution in [3.05, 3.63) is 0 Å². The highest BCUT2D eigenvalue weighted by atomic mass is 16.5. The first-order valence-electron chi connectivity index (χ1n) is 6.49. The van der Waals surface area contributed by atoms with Gasteiger partial charge in [-0.3, -0.25) is 0 Å². The van der Waals surface area contributed by atoms with Crippen LogP contribution in [0.25, 0.3) is 0 Å². The smallest absolute Gasteiger partial charge is 0.0694 e. The first-order valence-corrected chi connectivity index (χ1v) is 6.49. The van der Waals surface area contributed by atoms with E-state index in [9.17, 15) is 0 Å². The van der Waals surface area contributed by atoms with Gasteiger partial charge in [-0.2, -0.15) is 0 Å². The number of nitrogens with one attached hydrogen (secondary N) is 1. The first kappa shape index (κ1) is 13.0. The van der Waals surface area contributed by atoms with E-state index in [2.05, 4.69) is 33.0 Å². The molecule has 0 saturated carbocycles. The van der Waals surface area contributed by atoms with Crippen LogP contribution < -0.4 is 5.32 Å². The fourth-order valence-electron chi connectivity index (χ4n) is 2.38. The van der Waals surface area contributed by atoms with Crippen molar-refractivity contribution in [2.75, 3.05) is 13.2 Å². The van der Waals surface area contributed by atoms with Crippen molar-refractivity contribution in [1.82, 2.24) is 5.32 Å². The Bertz CT molecular complexity index is 183. The van der Waals surface area contributed by atoms with E-state index in [4.69, 9.17) is 4.74 Å². The van der Waals surface area contributed by atoms with Crippen LogP contribution in [0.4, 0.5) is 0 Å². The second-order valence-electron chi connectivity index (χ2n) is 5.11. The van der Waals surface area contributed by atoms with E-state index in [1.165, 1.54) is 25.7 Å². The Morgan fingerprint density at radius 1 is 1.47 bits per heavy atom. The van der Waals surface area contributed by atoms with Gasteiger partial charge in [-0.05, 0) is 38.6 Å². The highest BCUT2D eigenvalue weighted by molar-refractivity contribution is 4.89. The summed E-state index contributed by atoms with van der Waals surface area (Å²) in [4.78, 5) is 0. The lowest BCUT2D eigenvalue weighted by molar-refractivity contribution is -0.109. The summed E-state index contributed by atoms with van der Waals surface area (Å²) in [6, 6.07) is 0.665. The molecule has 2 nitrogen and oxygen atoms in total. The summed E-state index contributed by atoms with van der Waals surface area (Å²) in [5.41, 5.74) is 0.0956. The van der Waals surface area contributed by atoms with Crippen molar-refractivity contribution in [3.8, 4) is 0 Å². The molecule has 1 saturated heterocycles. The van der Waals surface area contributed by atoms with Crippen molar-refractivity contribution >= 4 is 0 Å². The van der Waals surface area contributed by atoms with Crippen molar-refractivity contribution in [1.29, 1.82) is 0 Å². The number of hydrogen-bond acceptors (Lipinski definition) is 2. The molecule has 0 aromatic carbocycles. The van der Waals surface area contributed by atoms with Crippen LogP contribution in [0.3, 0.4) is 0 Å². The maximum Gasteiger partial charge on any atom is 0.0694 e. The highest BCUT2D eigenvalue weighted by Gasteiger charge is 2.36. The summed E-state index contributed by atoms with van der Waals surface area (Å²) in [6.45, 7) is 11.1. The van der Waals surface area contributed by atoms with Crippen LogP contribution in [-0.4, -0.2) is 24.8 Å². The SMILES string of the molecule is CCCNC1CCOC(C)(C(C)CC)C1. The fraction of sp³-hybridized carbons (Fsp3) is 1.00. The molecule has 3 atom stereocenters. The second-order valence-corrected chi connectivity index (χ2v) is 5.11. The monoisotopic (exact) mass is 213 g/mol. The molecule has 15 heavy (non-hydrogen) atoms. The zero-order valence-corrected chi connectivity index (χ0v) is 10.8. The normalized spacial score (nSPS) is 34.0. The average Bonchev–Trinajstić information content (AvgIpc) is 2.25. The standard InChI is InChI=1S/C13H27NO/c1-5-8-14-12-7-9-15-13(4,10-12)11(3)6-2/h11-12,14H,5-10H2,1-4H3. The largest absolute Gasteiger partial charge is 0.375 e. The van der Waals surface area contributed by atoms with Gasteiger partial charge in [-0.25, -0.2) is 0 Å². The molecule has 0 radical (unpaired) electrons. The van der Waals surface area contributed by atoms with Crippen molar-refractivity contribution in [2.45, 2.75) is 65.0 Å². The minimum Gasteiger partial charge on any atom is -0.375 e. The Kier molecular flexibility index (Phi) is 5.07. The molecular weight excluding hydrogens is 186 g/mol. The lowest BCUT2D eigenvalue weighted by Crippen LogP contribution is -2.48. The molecule has 90 valence electrons. The van der Waals surface area contributed by atoms with Crippen LogP contribution >= 0.6 is 0 Å². The second kappa shape index (κ2) is 5.86. The summed E-state index contributed by atoms with van der Waals surface area (Å²) in [5.74, 6) is 0.656. The number of rotatable bonds is 5. The molecular formula is C13H27NO. The molecule has 0 spiro atoms. The third-order valence-corrected chi connectivity index (χ3v) is 3.89. The molecule has 0 aromatic rings.